The van der Waals surface area contributed by atoms with E-state index in [2.05, 4.69) is 11.9 Å². The molecule has 0 radical (unpaired) electrons. The zero-order valence-corrected chi connectivity index (χ0v) is 12.3. The van der Waals surface area contributed by atoms with Gasteiger partial charge in [-0.3, -0.25) is 0 Å². The first-order valence-electron chi connectivity index (χ1n) is 7.39. The number of aliphatic hydroxyl groups is 3. The number of aliphatic hydroxyl groups excluding tert-OH is 3. The van der Waals surface area contributed by atoms with Crippen molar-refractivity contribution in [1.29, 1.82) is 0 Å². The van der Waals surface area contributed by atoms with Crippen LogP contribution in [0.5, 0.6) is 5.75 Å². The van der Waals surface area contributed by atoms with Crippen molar-refractivity contribution >= 4 is 0 Å². The van der Waals surface area contributed by atoms with Crippen LogP contribution < -0.4 is 4.74 Å². The van der Waals surface area contributed by atoms with E-state index in [1.54, 1.807) is 0 Å². The fraction of sp³-hybridized carbons (Fsp3) is 0.667. The van der Waals surface area contributed by atoms with Crippen molar-refractivity contribution in [2.75, 3.05) is 0 Å². The van der Waals surface area contributed by atoms with Gasteiger partial charge in [0.05, 0.1) is 32.1 Å². The van der Waals surface area contributed by atoms with Crippen LogP contribution in [0.1, 0.15) is 55.1 Å². The highest BCUT2D eigenvalue weighted by molar-refractivity contribution is 5.45. The molecule has 1 aliphatic heterocycles. The molecule has 1 aromatic rings. The molecular weight excluding hydrogens is 274 g/mol. The van der Waals surface area contributed by atoms with Gasteiger partial charge >= 0.3 is 0 Å². The van der Waals surface area contributed by atoms with Crippen LogP contribution in [0, 0.1) is 0 Å². The number of hydrogen-bond donors (Lipinski definition) is 3. The van der Waals surface area contributed by atoms with Gasteiger partial charge in [0.15, 0.2) is 12.0 Å². The van der Waals surface area contributed by atoms with E-state index in [1.807, 2.05) is 0 Å². The predicted octanol–water partition coefficient (Wildman–Crippen LogP) is 1.37. The molecule has 3 N–H and O–H groups in total. The van der Waals surface area contributed by atoms with Crippen molar-refractivity contribution in [2.24, 2.45) is 0 Å². The lowest BCUT2D eigenvalue weighted by Crippen LogP contribution is -2.28. The van der Waals surface area contributed by atoms with Crippen LogP contribution >= 0.6 is 0 Å². The minimum Gasteiger partial charge on any atom is -0.463 e. The molecule has 6 heteroatoms. The van der Waals surface area contributed by atoms with Gasteiger partial charge in [0.25, 0.3) is 0 Å². The number of unbranched alkanes of at least 4 members (excludes halogenated alkanes) is 2. The number of ether oxygens (including phenoxy) is 2. The topological polar surface area (TPSA) is 92.0 Å². The largest absolute Gasteiger partial charge is 0.463 e. The number of fused-ring (bicyclic) bond motifs is 1. The second kappa shape index (κ2) is 7.70. The minimum atomic E-state index is -0.345. The summed E-state index contributed by atoms with van der Waals surface area (Å²) in [5.41, 5.74) is 1.94. The van der Waals surface area contributed by atoms with Gasteiger partial charge < -0.3 is 24.8 Å². The average Bonchev–Trinajstić information content (AvgIpc) is 2.53. The number of rotatable bonds is 7. The van der Waals surface area contributed by atoms with Gasteiger partial charge in [-0.1, -0.05) is 19.8 Å². The maximum atomic E-state index is 9.48. The first-order chi connectivity index (χ1) is 10.2. The molecule has 1 aromatic heterocycles. The molecule has 21 heavy (non-hydrogen) atoms. The molecule has 2 rings (SSSR count). The number of nitrogens with zero attached hydrogens (tertiary/aromatic N) is 1. The molecule has 0 saturated heterocycles. The fourth-order valence-electron chi connectivity index (χ4n) is 2.53. The summed E-state index contributed by atoms with van der Waals surface area (Å²) < 4.78 is 11.5. The van der Waals surface area contributed by atoms with Gasteiger partial charge in [0.2, 0.25) is 0 Å². The van der Waals surface area contributed by atoms with Crippen molar-refractivity contribution in [1.82, 2.24) is 4.98 Å². The van der Waals surface area contributed by atoms with Gasteiger partial charge in [-0.2, -0.15) is 0 Å². The summed E-state index contributed by atoms with van der Waals surface area (Å²) >= 11 is 0. The molecule has 1 aliphatic rings. The number of hydrogen-bond acceptors (Lipinski definition) is 6. The molecule has 0 aliphatic carbocycles. The quantitative estimate of drug-likeness (QED) is 0.658. The van der Waals surface area contributed by atoms with Gasteiger partial charge in [0.1, 0.15) is 5.69 Å². The van der Waals surface area contributed by atoms with E-state index in [1.165, 1.54) is 0 Å². The normalized spacial score (nSPS) is 17.4. The van der Waals surface area contributed by atoms with E-state index < -0.39 is 0 Å². The van der Waals surface area contributed by atoms with Crippen LogP contribution in [-0.4, -0.2) is 26.6 Å². The van der Waals surface area contributed by atoms with E-state index in [9.17, 15) is 15.3 Å². The van der Waals surface area contributed by atoms with Crippen LogP contribution in [0.2, 0.25) is 0 Å². The first kappa shape index (κ1) is 16.2. The third kappa shape index (κ3) is 3.52. The Kier molecular flexibility index (Phi) is 5.93. The van der Waals surface area contributed by atoms with Crippen molar-refractivity contribution in [2.45, 2.75) is 65.3 Å². The minimum absolute atomic E-state index is 0.246. The fourth-order valence-corrected chi connectivity index (χ4v) is 2.53. The molecule has 0 amide bonds. The standard InChI is InChI=1S/C15H23NO5/c1-2-3-4-5-14-20-9-11-10(6-17)12(7-18)16-13(8-19)15(11)21-14/h14,17-19H,2-9H2,1H3. The Labute approximate surface area is 124 Å². The highest BCUT2D eigenvalue weighted by atomic mass is 16.7. The molecule has 0 spiro atoms. The van der Waals surface area contributed by atoms with E-state index in [-0.39, 0.29) is 26.1 Å². The Morgan fingerprint density at radius 1 is 1.10 bits per heavy atom. The zero-order chi connectivity index (χ0) is 15.2. The van der Waals surface area contributed by atoms with Crippen molar-refractivity contribution in [3.63, 3.8) is 0 Å². The second-order valence-corrected chi connectivity index (χ2v) is 5.12. The summed E-state index contributed by atoms with van der Waals surface area (Å²) in [7, 11) is 0. The van der Waals surface area contributed by atoms with Gasteiger partial charge in [-0.25, -0.2) is 4.98 Å². The Balaban J connectivity index is 2.25. The summed E-state index contributed by atoms with van der Waals surface area (Å²) in [4.78, 5) is 4.18. The number of aromatic nitrogens is 1. The summed E-state index contributed by atoms with van der Waals surface area (Å²) in [6.07, 6.45) is 3.70. The van der Waals surface area contributed by atoms with Crippen molar-refractivity contribution in [3.8, 4) is 5.75 Å². The van der Waals surface area contributed by atoms with E-state index in [4.69, 9.17) is 9.47 Å². The summed E-state index contributed by atoms with van der Waals surface area (Å²) in [5.74, 6) is 0.492. The molecular formula is C15H23NO5. The predicted molar refractivity (Wildman–Crippen MR) is 75.4 cm³/mol. The third-order valence-corrected chi connectivity index (χ3v) is 3.68. The molecule has 0 saturated carbocycles. The maximum Gasteiger partial charge on any atom is 0.200 e. The second-order valence-electron chi connectivity index (χ2n) is 5.12. The molecule has 2 heterocycles. The first-order valence-corrected chi connectivity index (χ1v) is 7.39. The lowest BCUT2D eigenvalue weighted by atomic mass is 10.0. The lowest BCUT2D eigenvalue weighted by molar-refractivity contribution is -0.114. The maximum absolute atomic E-state index is 9.48. The lowest BCUT2D eigenvalue weighted by Gasteiger charge is -2.29. The molecule has 0 aromatic carbocycles. The van der Waals surface area contributed by atoms with Gasteiger partial charge in [-0.15, -0.1) is 0 Å². The van der Waals surface area contributed by atoms with Crippen LogP contribution in [0.3, 0.4) is 0 Å². The SMILES string of the molecule is CCCCCC1OCc2c(CO)c(CO)nc(CO)c2O1. The van der Waals surface area contributed by atoms with E-state index in [0.29, 0.717) is 34.9 Å². The molecule has 1 atom stereocenters. The Morgan fingerprint density at radius 3 is 2.48 bits per heavy atom. The highest BCUT2D eigenvalue weighted by Crippen LogP contribution is 2.34. The van der Waals surface area contributed by atoms with Gasteiger partial charge in [0, 0.05) is 17.5 Å². The monoisotopic (exact) mass is 297 g/mol. The Bertz CT molecular complexity index is 478. The molecule has 1 unspecified atom stereocenters. The number of pyridine rings is 1. The average molecular weight is 297 g/mol. The highest BCUT2D eigenvalue weighted by Gasteiger charge is 2.27. The van der Waals surface area contributed by atoms with Gasteiger partial charge in [-0.05, 0) is 6.42 Å². The molecule has 6 nitrogen and oxygen atoms in total. The van der Waals surface area contributed by atoms with Crippen LogP contribution in [0.4, 0.5) is 0 Å². The van der Waals surface area contributed by atoms with Crippen LogP contribution in [0.15, 0.2) is 0 Å². The van der Waals surface area contributed by atoms with Crippen LogP contribution in [0.25, 0.3) is 0 Å². The Morgan fingerprint density at radius 2 is 1.86 bits per heavy atom. The molecule has 0 fully saturated rings. The van der Waals surface area contributed by atoms with Crippen LogP contribution in [-0.2, 0) is 31.2 Å². The molecule has 0 bridgehead atoms. The zero-order valence-electron chi connectivity index (χ0n) is 12.3. The summed E-state index contributed by atoms with van der Waals surface area (Å²) in [5, 5.41) is 28.3. The third-order valence-electron chi connectivity index (χ3n) is 3.68. The Hall–Kier alpha value is -1.21. The summed E-state index contributed by atoms with van der Waals surface area (Å²) in [6, 6.07) is 0. The van der Waals surface area contributed by atoms with Crippen molar-refractivity contribution in [3.05, 3.63) is 22.5 Å². The smallest absolute Gasteiger partial charge is 0.200 e. The molecule has 118 valence electrons. The van der Waals surface area contributed by atoms with E-state index >= 15 is 0 Å². The van der Waals surface area contributed by atoms with Crippen molar-refractivity contribution < 1.29 is 24.8 Å². The summed E-state index contributed by atoms with van der Waals surface area (Å²) in [6.45, 7) is 1.61. The van der Waals surface area contributed by atoms with E-state index in [0.717, 1.165) is 25.7 Å².